The highest BCUT2D eigenvalue weighted by Gasteiger charge is 2.31. The highest BCUT2D eigenvalue weighted by atomic mass is 32.1. The lowest BCUT2D eigenvalue weighted by Crippen LogP contribution is -2.03. The zero-order valence-electron chi connectivity index (χ0n) is 23.4. The van der Waals surface area contributed by atoms with Gasteiger partial charge in [-0.2, -0.15) is 26.3 Å². The number of halogens is 6. The van der Waals surface area contributed by atoms with Crippen molar-refractivity contribution in [1.29, 1.82) is 0 Å². The Morgan fingerprint density at radius 3 is 1.80 bits per heavy atom. The van der Waals surface area contributed by atoms with Crippen LogP contribution in [0.5, 0.6) is 16.6 Å². The third-order valence-corrected chi connectivity index (χ3v) is 8.71. The van der Waals surface area contributed by atoms with Crippen molar-refractivity contribution in [1.82, 2.24) is 9.97 Å². The van der Waals surface area contributed by atoms with E-state index < -0.39 is 29.4 Å². The SMILES string of the molecule is Cc1nc(-c2ccc(C(F)(F)F)cc2)sc1COc1cc(CC(=O)O)cc(Oc2sc(-c3ccc(C(F)(F)F)cc3)nc2C)c1. The smallest absolute Gasteiger partial charge is 0.416 e. The number of ether oxygens (including phenoxy) is 2. The van der Waals surface area contributed by atoms with Crippen LogP contribution in [0.15, 0.2) is 66.7 Å². The number of alkyl halides is 6. The quantitative estimate of drug-likeness (QED) is 0.158. The number of aliphatic carboxylic acids is 1. The Morgan fingerprint density at radius 2 is 1.27 bits per heavy atom. The molecule has 0 bridgehead atoms. The second-order valence-corrected chi connectivity index (χ2v) is 11.9. The van der Waals surface area contributed by atoms with Crippen molar-refractivity contribution in [2.24, 2.45) is 0 Å². The fourth-order valence-electron chi connectivity index (χ4n) is 4.20. The first-order chi connectivity index (χ1) is 21.2. The molecule has 0 spiro atoms. The van der Waals surface area contributed by atoms with Gasteiger partial charge in [0, 0.05) is 17.2 Å². The molecule has 0 unspecified atom stereocenters. The molecule has 0 radical (unpaired) electrons. The molecule has 0 saturated carbocycles. The number of nitrogens with zero attached hydrogens (tertiary/aromatic N) is 2. The lowest BCUT2D eigenvalue weighted by molar-refractivity contribution is -0.138. The molecule has 5 aromatic rings. The van der Waals surface area contributed by atoms with Crippen LogP contribution in [0.2, 0.25) is 0 Å². The summed E-state index contributed by atoms with van der Waals surface area (Å²) in [6, 6.07) is 14.0. The maximum Gasteiger partial charge on any atom is 0.416 e. The second-order valence-electron chi connectivity index (χ2n) is 9.84. The van der Waals surface area contributed by atoms with E-state index in [4.69, 9.17) is 9.47 Å². The summed E-state index contributed by atoms with van der Waals surface area (Å²) >= 11 is 2.38. The van der Waals surface area contributed by atoms with E-state index in [1.165, 1.54) is 35.6 Å². The van der Waals surface area contributed by atoms with Crippen LogP contribution in [-0.2, 0) is 30.2 Å². The van der Waals surface area contributed by atoms with Crippen molar-refractivity contribution in [3.05, 3.63) is 99.7 Å². The number of rotatable bonds is 9. The predicted molar refractivity (Wildman–Crippen MR) is 157 cm³/mol. The monoisotopic (exact) mass is 664 g/mol. The molecular weight excluding hydrogens is 642 g/mol. The molecule has 5 rings (SSSR count). The molecule has 2 heterocycles. The van der Waals surface area contributed by atoms with Crippen LogP contribution < -0.4 is 9.47 Å². The Balaban J connectivity index is 1.34. The number of aromatic nitrogens is 2. The number of carbonyl (C=O) groups is 1. The molecule has 14 heteroatoms. The Kier molecular flexibility index (Phi) is 8.90. The van der Waals surface area contributed by atoms with Crippen molar-refractivity contribution in [3.63, 3.8) is 0 Å². The first-order valence-corrected chi connectivity index (χ1v) is 14.7. The summed E-state index contributed by atoms with van der Waals surface area (Å²) in [6.45, 7) is 3.48. The van der Waals surface area contributed by atoms with Crippen molar-refractivity contribution in [3.8, 4) is 37.7 Å². The number of thiazole rings is 2. The summed E-state index contributed by atoms with van der Waals surface area (Å²) < 4.78 is 89.7. The normalized spacial score (nSPS) is 11.9. The molecule has 0 atom stereocenters. The van der Waals surface area contributed by atoms with Gasteiger partial charge >= 0.3 is 18.3 Å². The van der Waals surface area contributed by atoms with Gasteiger partial charge in [-0.1, -0.05) is 35.6 Å². The van der Waals surface area contributed by atoms with E-state index in [2.05, 4.69) is 9.97 Å². The van der Waals surface area contributed by atoms with Crippen molar-refractivity contribution in [2.75, 3.05) is 0 Å². The first kappa shape index (κ1) is 32.0. The van der Waals surface area contributed by atoms with Gasteiger partial charge in [0.05, 0.1) is 33.8 Å². The van der Waals surface area contributed by atoms with Gasteiger partial charge in [0.1, 0.15) is 28.1 Å². The summed E-state index contributed by atoms with van der Waals surface area (Å²) in [7, 11) is 0. The minimum atomic E-state index is -4.46. The third kappa shape index (κ3) is 7.81. The Morgan fingerprint density at radius 1 is 0.756 bits per heavy atom. The maximum atomic E-state index is 13.0. The van der Waals surface area contributed by atoms with Gasteiger partial charge in [-0.05, 0) is 55.8 Å². The lowest BCUT2D eigenvalue weighted by atomic mass is 10.1. The number of hydrogen-bond acceptors (Lipinski definition) is 7. The molecule has 0 aliphatic heterocycles. The van der Waals surface area contributed by atoms with Crippen molar-refractivity contribution >= 4 is 28.6 Å². The minimum absolute atomic E-state index is 0.0533. The van der Waals surface area contributed by atoms with Gasteiger partial charge in [-0.3, -0.25) is 4.79 Å². The summed E-state index contributed by atoms with van der Waals surface area (Å²) in [6.07, 6.45) is -9.22. The molecule has 0 aliphatic rings. The largest absolute Gasteiger partial charge is 0.488 e. The molecule has 0 aliphatic carbocycles. The topological polar surface area (TPSA) is 81.5 Å². The number of hydrogen-bond donors (Lipinski definition) is 1. The summed E-state index contributed by atoms with van der Waals surface area (Å²) in [5.41, 5.74) is 0.977. The number of benzene rings is 3. The van der Waals surface area contributed by atoms with Crippen LogP contribution in [0, 0.1) is 13.8 Å². The number of carboxylic acid groups (broad SMARTS) is 1. The maximum absolute atomic E-state index is 13.0. The molecule has 0 saturated heterocycles. The molecule has 45 heavy (non-hydrogen) atoms. The van der Waals surface area contributed by atoms with Crippen LogP contribution in [0.3, 0.4) is 0 Å². The highest BCUT2D eigenvalue weighted by molar-refractivity contribution is 7.17. The molecule has 234 valence electrons. The standard InChI is InChI=1S/C31H22F6N2O4S2/c1-16-25(44-27(38-16)19-3-7-21(8-4-19)30(32,33)34)15-42-23-11-18(13-26(40)41)12-24(14-23)43-29-17(2)39-28(45-29)20-5-9-22(10-6-20)31(35,36)37/h3-12,14H,13,15H2,1-2H3,(H,40,41). The van der Waals surface area contributed by atoms with E-state index in [0.717, 1.165) is 40.5 Å². The summed E-state index contributed by atoms with van der Waals surface area (Å²) in [5, 5.41) is 10.7. The van der Waals surface area contributed by atoms with Crippen LogP contribution in [-0.4, -0.2) is 21.0 Å². The summed E-state index contributed by atoms with van der Waals surface area (Å²) in [5.74, 6) is -0.505. The van der Waals surface area contributed by atoms with E-state index >= 15 is 0 Å². The Bertz CT molecular complexity index is 1830. The zero-order chi connectivity index (χ0) is 32.5. The van der Waals surface area contributed by atoms with Crippen LogP contribution >= 0.6 is 22.7 Å². The van der Waals surface area contributed by atoms with E-state index in [1.54, 1.807) is 32.0 Å². The number of carboxylic acids is 1. The van der Waals surface area contributed by atoms with Crippen molar-refractivity contribution < 1.29 is 45.7 Å². The van der Waals surface area contributed by atoms with Gasteiger partial charge in [0.2, 0.25) is 5.06 Å². The van der Waals surface area contributed by atoms with E-state index in [1.807, 2.05) is 0 Å². The average Bonchev–Trinajstić information content (AvgIpc) is 3.52. The fraction of sp³-hybridized carbons (Fsp3) is 0.194. The molecule has 1 N–H and O–H groups in total. The number of aryl methyl sites for hydroxylation is 2. The van der Waals surface area contributed by atoms with Gasteiger partial charge < -0.3 is 14.6 Å². The Hall–Kier alpha value is -4.43. The van der Waals surface area contributed by atoms with Crippen LogP contribution in [0.1, 0.15) is 33.0 Å². The fourth-order valence-corrected chi connectivity index (χ4v) is 6.12. The molecule has 3 aromatic carbocycles. The Labute approximate surface area is 260 Å². The molecule has 6 nitrogen and oxygen atoms in total. The molecule has 0 fully saturated rings. The third-order valence-electron chi connectivity index (χ3n) is 6.44. The average molecular weight is 665 g/mol. The zero-order valence-corrected chi connectivity index (χ0v) is 25.0. The first-order valence-electron chi connectivity index (χ1n) is 13.1. The van der Waals surface area contributed by atoms with Gasteiger partial charge in [0.15, 0.2) is 0 Å². The van der Waals surface area contributed by atoms with Gasteiger partial charge in [-0.25, -0.2) is 9.97 Å². The molecule has 2 aromatic heterocycles. The van der Waals surface area contributed by atoms with Gasteiger partial charge in [0.25, 0.3) is 0 Å². The van der Waals surface area contributed by atoms with E-state index in [0.29, 0.717) is 48.9 Å². The summed E-state index contributed by atoms with van der Waals surface area (Å²) in [4.78, 5) is 21.1. The van der Waals surface area contributed by atoms with Crippen LogP contribution in [0.4, 0.5) is 26.3 Å². The molecular formula is C31H22F6N2O4S2. The van der Waals surface area contributed by atoms with Crippen LogP contribution in [0.25, 0.3) is 21.1 Å². The highest BCUT2D eigenvalue weighted by Crippen LogP contribution is 2.39. The second kappa shape index (κ2) is 12.5. The molecule has 0 amide bonds. The van der Waals surface area contributed by atoms with E-state index in [9.17, 15) is 36.2 Å². The van der Waals surface area contributed by atoms with Crippen molar-refractivity contribution in [2.45, 2.75) is 39.2 Å². The van der Waals surface area contributed by atoms with E-state index in [-0.39, 0.29) is 18.8 Å². The predicted octanol–water partition coefficient (Wildman–Crippen LogP) is 9.59. The van der Waals surface area contributed by atoms with Gasteiger partial charge in [-0.15, -0.1) is 11.3 Å². The minimum Gasteiger partial charge on any atom is -0.488 e. The lowest BCUT2D eigenvalue weighted by Gasteiger charge is -2.11.